The molecule has 6 aromatic rings. The van der Waals surface area contributed by atoms with Gasteiger partial charge < -0.3 is 10.6 Å². The normalized spacial score (nSPS) is 13.6. The third-order valence-electron chi connectivity index (χ3n) is 12.5. The largest absolute Gasteiger partial charge is 0.411 e. The van der Waals surface area contributed by atoms with Gasteiger partial charge in [-0.05, 0) is 133 Å². The number of aryl methyl sites for hydroxylation is 5. The molecule has 0 saturated carbocycles. The molecule has 364 valence electrons. The number of rotatable bonds is 9. The molecule has 0 aliphatic carbocycles. The summed E-state index contributed by atoms with van der Waals surface area (Å²) < 4.78 is 183. The lowest BCUT2D eigenvalue weighted by atomic mass is 9.72. The van der Waals surface area contributed by atoms with Gasteiger partial charge in [0.15, 0.2) is 0 Å². The van der Waals surface area contributed by atoms with E-state index in [1.807, 2.05) is 0 Å². The summed E-state index contributed by atoms with van der Waals surface area (Å²) in [4.78, 5) is 54.5. The number of anilines is 3. The fourth-order valence-electron chi connectivity index (χ4n) is 8.60. The van der Waals surface area contributed by atoms with E-state index >= 15 is 26.3 Å². The first-order valence-electron chi connectivity index (χ1n) is 20.9. The van der Waals surface area contributed by atoms with Crippen LogP contribution in [-0.2, 0) is 10.8 Å². The third-order valence-corrected chi connectivity index (χ3v) is 12.5. The summed E-state index contributed by atoms with van der Waals surface area (Å²) in [6.07, 6.45) is -24.2. The molecule has 7 nitrogen and oxygen atoms in total. The van der Waals surface area contributed by atoms with E-state index in [1.54, 1.807) is 0 Å². The number of imide groups is 1. The van der Waals surface area contributed by atoms with Crippen molar-refractivity contribution in [2.24, 2.45) is 0 Å². The van der Waals surface area contributed by atoms with Crippen molar-refractivity contribution in [1.29, 1.82) is 0 Å². The molecule has 70 heavy (non-hydrogen) atoms. The maximum absolute atomic E-state index is 15.5. The van der Waals surface area contributed by atoms with Crippen molar-refractivity contribution in [2.75, 3.05) is 15.5 Å². The third kappa shape index (κ3) is 8.23. The fourth-order valence-corrected chi connectivity index (χ4v) is 8.60. The van der Waals surface area contributed by atoms with E-state index in [-0.39, 0.29) is 38.9 Å². The highest BCUT2D eigenvalue weighted by atomic mass is 19.4. The van der Waals surface area contributed by atoms with E-state index in [0.717, 1.165) is 60.7 Å². The van der Waals surface area contributed by atoms with Crippen molar-refractivity contribution in [3.8, 4) is 0 Å². The van der Waals surface area contributed by atoms with E-state index in [0.29, 0.717) is 46.9 Å². The second-order valence-electron chi connectivity index (χ2n) is 16.8. The number of hydrogen-bond donors (Lipinski definition) is 2. The lowest BCUT2D eigenvalue weighted by molar-refractivity contribution is -0.290. The van der Waals surface area contributed by atoms with Crippen LogP contribution >= 0.6 is 0 Å². The van der Waals surface area contributed by atoms with Gasteiger partial charge in [0.25, 0.3) is 23.6 Å². The number of benzene rings is 6. The van der Waals surface area contributed by atoms with Gasteiger partial charge in [0.2, 0.25) is 10.8 Å². The Morgan fingerprint density at radius 1 is 0.400 bits per heavy atom. The van der Waals surface area contributed by atoms with Crippen LogP contribution in [0.15, 0.2) is 121 Å². The molecule has 4 amide bonds. The first-order chi connectivity index (χ1) is 32.5. The molecule has 7 rings (SSSR count). The lowest BCUT2D eigenvalue weighted by Gasteiger charge is -2.39. The lowest BCUT2D eigenvalue weighted by Crippen LogP contribution is -2.55. The number of hydrogen-bond acceptors (Lipinski definition) is 4. The van der Waals surface area contributed by atoms with E-state index < -0.39 is 104 Å². The summed E-state index contributed by atoms with van der Waals surface area (Å²) in [6.45, 7) is 6.71. The standard InChI is InChI=1S/C51H37F12N3O4/c1-26-13-17-33(21-30(26)5)46(48(52,53)54,49(55,56)57)34-18-14-27(2)39(23-34)64-42(67)31-9-8-10-32(22-31)43(68)65-40-24-35(19-15-28(40)3)47(50(58,59)60,51(61,62)63)36-20-16-29(4)41(25-36)66-44(69)37-11-6-7-12-38(37)45(66)70/h6-25H,1-5H3,(H,64,67)(H,65,68). The van der Waals surface area contributed by atoms with Crippen LogP contribution in [0, 0.1) is 34.6 Å². The van der Waals surface area contributed by atoms with Gasteiger partial charge in [-0.15, -0.1) is 0 Å². The van der Waals surface area contributed by atoms with E-state index in [4.69, 9.17) is 0 Å². The topological polar surface area (TPSA) is 95.6 Å². The molecule has 1 aliphatic rings. The van der Waals surface area contributed by atoms with E-state index in [9.17, 15) is 45.5 Å². The number of amides is 4. The minimum Gasteiger partial charge on any atom is -0.322 e. The first kappa shape index (κ1) is 50.4. The van der Waals surface area contributed by atoms with Gasteiger partial charge in [-0.3, -0.25) is 19.2 Å². The van der Waals surface area contributed by atoms with Gasteiger partial charge in [-0.25, -0.2) is 4.90 Å². The maximum Gasteiger partial charge on any atom is 0.411 e. The van der Waals surface area contributed by atoms with Crippen molar-refractivity contribution in [1.82, 2.24) is 0 Å². The van der Waals surface area contributed by atoms with Crippen LogP contribution in [0.25, 0.3) is 0 Å². The smallest absolute Gasteiger partial charge is 0.322 e. The van der Waals surface area contributed by atoms with Crippen LogP contribution in [0.3, 0.4) is 0 Å². The second-order valence-corrected chi connectivity index (χ2v) is 16.8. The minimum absolute atomic E-state index is 0.00829. The van der Waals surface area contributed by atoms with Crippen molar-refractivity contribution < 1.29 is 71.9 Å². The molecule has 0 saturated heterocycles. The summed E-state index contributed by atoms with van der Waals surface area (Å²) in [6, 6.07) is 18.4. The van der Waals surface area contributed by atoms with Crippen LogP contribution in [-0.4, -0.2) is 48.3 Å². The van der Waals surface area contributed by atoms with Crippen molar-refractivity contribution in [2.45, 2.75) is 70.2 Å². The zero-order chi connectivity index (χ0) is 51.7. The molecule has 0 atom stereocenters. The predicted octanol–water partition coefficient (Wildman–Crippen LogP) is 13.4. The summed E-state index contributed by atoms with van der Waals surface area (Å²) in [7, 11) is 0. The molecular formula is C51H37F12N3O4. The van der Waals surface area contributed by atoms with Gasteiger partial charge in [-0.2, -0.15) is 52.7 Å². The zero-order valence-electron chi connectivity index (χ0n) is 37.2. The Balaban J connectivity index is 1.22. The molecular weight excluding hydrogens is 947 g/mol. The maximum atomic E-state index is 15.5. The molecule has 0 fully saturated rings. The minimum atomic E-state index is -6.16. The van der Waals surface area contributed by atoms with Crippen LogP contribution in [0.4, 0.5) is 69.7 Å². The highest BCUT2D eigenvalue weighted by molar-refractivity contribution is 6.34. The molecule has 1 heterocycles. The molecule has 1 aliphatic heterocycles. The number of halogens is 12. The zero-order valence-corrected chi connectivity index (χ0v) is 37.2. The monoisotopic (exact) mass is 983 g/mol. The average Bonchev–Trinajstić information content (AvgIpc) is 3.51. The van der Waals surface area contributed by atoms with Crippen LogP contribution in [0.1, 0.15) is 91.5 Å². The van der Waals surface area contributed by atoms with Crippen molar-refractivity contribution >= 4 is 40.7 Å². The molecule has 0 bridgehead atoms. The summed E-state index contributed by atoms with van der Waals surface area (Å²) in [5, 5.41) is 4.55. The number of carbonyl (C=O) groups is 4. The molecule has 0 radical (unpaired) electrons. The van der Waals surface area contributed by atoms with Crippen molar-refractivity contribution in [3.63, 3.8) is 0 Å². The molecule has 0 aromatic heterocycles. The van der Waals surface area contributed by atoms with Gasteiger partial charge in [0.1, 0.15) is 0 Å². The fraction of sp³-hybridized carbons (Fsp3) is 0.216. The van der Waals surface area contributed by atoms with Crippen LogP contribution < -0.4 is 15.5 Å². The Morgan fingerprint density at radius 3 is 1.14 bits per heavy atom. The van der Waals surface area contributed by atoms with Gasteiger partial charge in [-0.1, -0.05) is 72.8 Å². The molecule has 6 aromatic carbocycles. The predicted molar refractivity (Wildman–Crippen MR) is 235 cm³/mol. The second kappa shape index (κ2) is 17.5. The highest BCUT2D eigenvalue weighted by Gasteiger charge is 2.74. The van der Waals surface area contributed by atoms with Gasteiger partial charge in [0, 0.05) is 22.5 Å². The van der Waals surface area contributed by atoms with Crippen LogP contribution in [0.2, 0.25) is 0 Å². The number of carbonyl (C=O) groups excluding carboxylic acids is 4. The number of nitrogens with zero attached hydrogens (tertiary/aromatic N) is 1. The van der Waals surface area contributed by atoms with Gasteiger partial charge in [0.05, 0.1) is 16.8 Å². The number of fused-ring (bicyclic) bond motifs is 1. The summed E-state index contributed by atoms with van der Waals surface area (Å²) >= 11 is 0. The molecule has 19 heteroatoms. The van der Waals surface area contributed by atoms with Crippen LogP contribution in [0.5, 0.6) is 0 Å². The van der Waals surface area contributed by atoms with Gasteiger partial charge >= 0.3 is 24.7 Å². The summed E-state index contributed by atoms with van der Waals surface area (Å²) in [5.41, 5.74) is -16.6. The quantitative estimate of drug-likeness (QED) is 0.111. The summed E-state index contributed by atoms with van der Waals surface area (Å²) in [5.74, 6) is -4.23. The molecule has 0 unspecified atom stereocenters. The Morgan fingerprint density at radius 2 is 0.757 bits per heavy atom. The Kier molecular flexibility index (Phi) is 12.6. The Bertz CT molecular complexity index is 3050. The van der Waals surface area contributed by atoms with E-state index in [2.05, 4.69) is 10.6 Å². The number of alkyl halides is 12. The average molecular weight is 984 g/mol. The Labute approximate surface area is 391 Å². The number of nitrogens with one attached hydrogen (secondary N) is 2. The Hall–Kier alpha value is -7.44. The van der Waals surface area contributed by atoms with E-state index in [1.165, 1.54) is 58.9 Å². The molecule has 0 spiro atoms. The highest BCUT2D eigenvalue weighted by Crippen LogP contribution is 2.59. The first-order valence-corrected chi connectivity index (χ1v) is 20.9. The molecule has 2 N–H and O–H groups in total. The SMILES string of the molecule is Cc1ccc(C(c2ccc(C)c(NC(=O)c3cccc(C(=O)Nc4cc(C(c5ccc(C)c(N6C(=O)c7ccccc7C6=O)c5)(C(F)(F)F)C(F)(F)F)ccc4C)c3)c2)(C(F)(F)F)C(F)(F)F)cc1C. The van der Waals surface area contributed by atoms with Crippen molar-refractivity contribution in [3.05, 3.63) is 194 Å².